The third kappa shape index (κ3) is 3.40. The summed E-state index contributed by atoms with van der Waals surface area (Å²) >= 11 is 5.13. The highest BCUT2D eigenvalue weighted by atomic mass is 79.9. The van der Waals surface area contributed by atoms with E-state index in [1.165, 1.54) is 13.2 Å². The Hall–Kier alpha value is -0.910. The molecule has 0 aliphatic rings. The first-order valence-corrected chi connectivity index (χ1v) is 8.19. The molecule has 0 amide bonds. The Morgan fingerprint density at radius 2 is 2.15 bits per heavy atom. The Morgan fingerprint density at radius 1 is 1.35 bits per heavy atom. The molecule has 2 rings (SSSR count). The molecule has 1 aromatic carbocycles. The van der Waals surface area contributed by atoms with Gasteiger partial charge in [0.2, 0.25) is 0 Å². The van der Waals surface area contributed by atoms with Crippen LogP contribution < -0.4 is 10.1 Å². The lowest BCUT2D eigenvalue weighted by Gasteiger charge is -2.20. The van der Waals surface area contributed by atoms with Crippen molar-refractivity contribution in [1.29, 1.82) is 0 Å². The van der Waals surface area contributed by atoms with Crippen molar-refractivity contribution in [2.24, 2.45) is 0 Å². The van der Waals surface area contributed by atoms with Crippen LogP contribution in [0.1, 0.15) is 30.5 Å². The molecule has 1 unspecified atom stereocenters. The van der Waals surface area contributed by atoms with E-state index in [9.17, 15) is 4.39 Å². The van der Waals surface area contributed by atoms with Gasteiger partial charge in [-0.25, -0.2) is 4.39 Å². The summed E-state index contributed by atoms with van der Waals surface area (Å²) in [4.78, 5) is 0. The number of hydrogen-bond donors (Lipinski definition) is 1. The maximum absolute atomic E-state index is 14.3. The summed E-state index contributed by atoms with van der Waals surface area (Å²) in [5.41, 5.74) is 1.70. The van der Waals surface area contributed by atoms with Crippen molar-refractivity contribution in [3.05, 3.63) is 50.4 Å². The van der Waals surface area contributed by atoms with Gasteiger partial charge < -0.3 is 10.1 Å². The molecule has 1 aromatic heterocycles. The molecule has 0 bridgehead atoms. The summed E-state index contributed by atoms with van der Waals surface area (Å²) in [5.74, 6) is 0.279. The zero-order valence-electron chi connectivity index (χ0n) is 11.5. The van der Waals surface area contributed by atoms with Crippen molar-refractivity contribution < 1.29 is 9.13 Å². The van der Waals surface area contributed by atoms with Gasteiger partial charge in [0.1, 0.15) is 11.6 Å². The average molecular weight is 358 g/mol. The molecule has 0 fully saturated rings. The van der Waals surface area contributed by atoms with E-state index in [-0.39, 0.29) is 11.9 Å². The van der Waals surface area contributed by atoms with Gasteiger partial charge in [-0.15, -0.1) is 0 Å². The van der Waals surface area contributed by atoms with Crippen LogP contribution in [0.3, 0.4) is 0 Å². The highest BCUT2D eigenvalue weighted by molar-refractivity contribution is 9.10. The summed E-state index contributed by atoms with van der Waals surface area (Å²) in [6, 6.07) is 4.85. The van der Waals surface area contributed by atoms with Crippen LogP contribution in [0.2, 0.25) is 0 Å². The van der Waals surface area contributed by atoms with Gasteiger partial charge in [-0.2, -0.15) is 11.3 Å². The Balaban J connectivity index is 2.38. The summed E-state index contributed by atoms with van der Waals surface area (Å²) in [6.45, 7) is 2.93. The quantitative estimate of drug-likeness (QED) is 0.805. The number of benzene rings is 1. The lowest BCUT2D eigenvalue weighted by Crippen LogP contribution is -2.24. The fourth-order valence-electron chi connectivity index (χ4n) is 2.04. The van der Waals surface area contributed by atoms with Crippen molar-refractivity contribution in [1.82, 2.24) is 5.32 Å². The molecule has 5 heteroatoms. The largest absolute Gasteiger partial charge is 0.497 e. The van der Waals surface area contributed by atoms with Crippen molar-refractivity contribution in [3.63, 3.8) is 0 Å². The molecule has 20 heavy (non-hydrogen) atoms. The van der Waals surface area contributed by atoms with Gasteiger partial charge in [0.05, 0.1) is 13.2 Å². The van der Waals surface area contributed by atoms with E-state index in [2.05, 4.69) is 28.2 Å². The van der Waals surface area contributed by atoms with E-state index in [1.807, 2.05) is 10.8 Å². The van der Waals surface area contributed by atoms with E-state index in [0.717, 1.165) is 23.0 Å². The molecule has 2 nitrogen and oxygen atoms in total. The van der Waals surface area contributed by atoms with Crippen molar-refractivity contribution >= 4 is 27.3 Å². The molecule has 1 heterocycles. The van der Waals surface area contributed by atoms with Crippen LogP contribution in [0.15, 0.2) is 33.4 Å². The summed E-state index contributed by atoms with van der Waals surface area (Å²) in [7, 11) is 1.54. The summed E-state index contributed by atoms with van der Waals surface area (Å²) in [6.07, 6.45) is 0.996. The van der Waals surface area contributed by atoms with Crippen LogP contribution in [0.5, 0.6) is 5.75 Å². The fraction of sp³-hybridized carbons (Fsp3) is 0.333. The second kappa shape index (κ2) is 7.20. The minimum Gasteiger partial charge on any atom is -0.497 e. The molecule has 0 saturated carbocycles. The first-order valence-electron chi connectivity index (χ1n) is 6.45. The Labute approximate surface area is 131 Å². The highest BCUT2D eigenvalue weighted by Crippen LogP contribution is 2.33. The fourth-order valence-corrected chi connectivity index (χ4v) is 3.59. The predicted octanol–water partition coefficient (Wildman–Crippen LogP) is 4.75. The van der Waals surface area contributed by atoms with Crippen LogP contribution >= 0.6 is 27.3 Å². The number of nitrogens with one attached hydrogen (secondary N) is 1. The number of thiophene rings is 1. The SMILES string of the molecule is CCCNC(c1ccc(OC)cc1F)c1cscc1Br. The first kappa shape index (κ1) is 15.5. The lowest BCUT2D eigenvalue weighted by molar-refractivity contribution is 0.410. The average Bonchev–Trinajstić information content (AvgIpc) is 2.87. The molecular formula is C15H17BrFNOS. The monoisotopic (exact) mass is 357 g/mol. The van der Waals surface area contributed by atoms with Crippen molar-refractivity contribution in [3.8, 4) is 5.75 Å². The van der Waals surface area contributed by atoms with Crippen molar-refractivity contribution in [2.45, 2.75) is 19.4 Å². The number of hydrogen-bond acceptors (Lipinski definition) is 3. The van der Waals surface area contributed by atoms with Crippen LogP contribution in [-0.2, 0) is 0 Å². The number of methoxy groups -OCH3 is 1. The van der Waals surface area contributed by atoms with Gasteiger partial charge in [-0.1, -0.05) is 13.0 Å². The van der Waals surface area contributed by atoms with Gasteiger partial charge in [0.25, 0.3) is 0 Å². The Kier molecular flexibility index (Phi) is 5.57. The lowest BCUT2D eigenvalue weighted by atomic mass is 10.0. The minimum absolute atomic E-state index is 0.151. The number of rotatable bonds is 6. The van der Waals surface area contributed by atoms with Gasteiger partial charge in [-0.05, 0) is 45.9 Å². The third-order valence-corrected chi connectivity index (χ3v) is 4.82. The zero-order chi connectivity index (χ0) is 14.5. The van der Waals surface area contributed by atoms with E-state index in [0.29, 0.717) is 11.3 Å². The topological polar surface area (TPSA) is 21.3 Å². The van der Waals surface area contributed by atoms with Crippen LogP contribution in [0.4, 0.5) is 4.39 Å². The normalized spacial score (nSPS) is 12.4. The highest BCUT2D eigenvalue weighted by Gasteiger charge is 2.20. The maximum atomic E-state index is 14.3. The molecule has 2 aromatic rings. The van der Waals surface area contributed by atoms with E-state index in [1.54, 1.807) is 23.5 Å². The number of halogens is 2. The molecule has 0 saturated heterocycles. The molecule has 0 aliphatic heterocycles. The molecule has 0 spiro atoms. The Morgan fingerprint density at radius 3 is 2.70 bits per heavy atom. The second-order valence-corrected chi connectivity index (χ2v) is 6.05. The molecular weight excluding hydrogens is 341 g/mol. The zero-order valence-corrected chi connectivity index (χ0v) is 13.9. The summed E-state index contributed by atoms with van der Waals surface area (Å²) < 4.78 is 20.4. The molecule has 1 atom stereocenters. The van der Waals surface area contributed by atoms with E-state index < -0.39 is 0 Å². The molecule has 0 radical (unpaired) electrons. The standard InChI is InChI=1S/C15H17BrFNOS/c1-3-6-18-15(12-8-20-9-13(12)16)11-5-4-10(19-2)7-14(11)17/h4-5,7-9,15,18H,3,6H2,1-2H3. The van der Waals surface area contributed by atoms with Crippen LogP contribution in [-0.4, -0.2) is 13.7 Å². The van der Waals surface area contributed by atoms with Gasteiger partial charge in [0.15, 0.2) is 0 Å². The van der Waals surface area contributed by atoms with Crippen LogP contribution in [0.25, 0.3) is 0 Å². The third-order valence-electron chi connectivity index (χ3n) is 3.07. The van der Waals surface area contributed by atoms with E-state index in [4.69, 9.17) is 4.74 Å². The first-order chi connectivity index (χ1) is 9.67. The maximum Gasteiger partial charge on any atom is 0.132 e. The van der Waals surface area contributed by atoms with Gasteiger partial charge in [0, 0.05) is 21.5 Å². The molecule has 1 N–H and O–H groups in total. The van der Waals surface area contributed by atoms with Gasteiger partial charge in [-0.3, -0.25) is 0 Å². The Bertz CT molecular complexity index is 573. The minimum atomic E-state index is -0.254. The number of ether oxygens (including phenoxy) is 1. The predicted molar refractivity (Wildman–Crippen MR) is 85.1 cm³/mol. The summed E-state index contributed by atoms with van der Waals surface area (Å²) in [5, 5.41) is 7.46. The molecule has 0 aliphatic carbocycles. The second-order valence-electron chi connectivity index (χ2n) is 4.45. The van der Waals surface area contributed by atoms with Gasteiger partial charge >= 0.3 is 0 Å². The van der Waals surface area contributed by atoms with E-state index >= 15 is 0 Å². The van der Waals surface area contributed by atoms with Crippen molar-refractivity contribution in [2.75, 3.05) is 13.7 Å². The molecule has 108 valence electrons. The van der Waals surface area contributed by atoms with Crippen LogP contribution in [0, 0.1) is 5.82 Å². The smallest absolute Gasteiger partial charge is 0.132 e.